The number of hydrogen-bond donors (Lipinski definition) is 1. The van der Waals surface area contributed by atoms with Crippen LogP contribution in [0.1, 0.15) is 66.5 Å². The maximum atomic E-state index is 13.1. The third-order valence-corrected chi connectivity index (χ3v) is 4.98. The molecule has 1 heterocycles. The number of carbonyl (C=O) groups is 2. The van der Waals surface area contributed by atoms with Crippen molar-refractivity contribution in [3.8, 4) is 11.1 Å². The van der Waals surface area contributed by atoms with Gasteiger partial charge in [-0.05, 0) is 50.7 Å². The average Bonchev–Trinajstić information content (AvgIpc) is 2.71. The molecule has 6 heteroatoms. The fraction of sp³-hybridized carbons (Fsp3) is 0.480. The molecule has 0 spiro atoms. The summed E-state index contributed by atoms with van der Waals surface area (Å²) < 4.78 is 10.4. The molecule has 2 N–H and O–H groups in total. The number of esters is 2. The predicted octanol–water partition coefficient (Wildman–Crippen LogP) is 4.52. The van der Waals surface area contributed by atoms with Crippen LogP contribution in [0.5, 0.6) is 0 Å². The molecular weight excluding hydrogens is 392 g/mol. The van der Waals surface area contributed by atoms with Gasteiger partial charge in [-0.2, -0.15) is 0 Å². The highest BCUT2D eigenvalue weighted by atomic mass is 16.5. The Morgan fingerprint density at radius 3 is 2.35 bits per heavy atom. The molecule has 0 saturated carbocycles. The van der Waals surface area contributed by atoms with Crippen molar-refractivity contribution in [2.45, 2.75) is 60.4 Å². The first kappa shape index (κ1) is 24.5. The van der Waals surface area contributed by atoms with Gasteiger partial charge in [-0.3, -0.25) is 9.78 Å². The van der Waals surface area contributed by atoms with Gasteiger partial charge < -0.3 is 15.2 Å². The molecule has 1 aromatic heterocycles. The van der Waals surface area contributed by atoms with Crippen molar-refractivity contribution >= 4 is 11.9 Å². The van der Waals surface area contributed by atoms with E-state index in [1.165, 1.54) is 0 Å². The van der Waals surface area contributed by atoms with E-state index in [9.17, 15) is 9.59 Å². The first-order valence-electron chi connectivity index (χ1n) is 10.9. The third-order valence-electron chi connectivity index (χ3n) is 4.98. The van der Waals surface area contributed by atoms with Crippen LogP contribution < -0.4 is 5.73 Å². The van der Waals surface area contributed by atoms with Gasteiger partial charge in [0, 0.05) is 24.2 Å². The molecule has 0 atom stereocenters. The molecule has 2 aromatic rings. The number of ether oxygens (including phenoxy) is 2. The van der Waals surface area contributed by atoms with Crippen molar-refractivity contribution in [1.29, 1.82) is 0 Å². The maximum absolute atomic E-state index is 13.1. The minimum absolute atomic E-state index is 0.135. The number of rotatable bonds is 10. The summed E-state index contributed by atoms with van der Waals surface area (Å²) in [6.07, 6.45) is 1.40. The van der Waals surface area contributed by atoms with Gasteiger partial charge in [0.25, 0.3) is 0 Å². The zero-order valence-corrected chi connectivity index (χ0v) is 19.3. The summed E-state index contributed by atoms with van der Waals surface area (Å²) in [4.78, 5) is 29.3. The molecule has 168 valence electrons. The highest BCUT2D eigenvalue weighted by molar-refractivity contribution is 5.99. The number of benzene rings is 1. The number of carbonyl (C=O) groups excluding carboxylic acids is 2. The number of nitrogens with zero attached hydrogens (tertiary/aromatic N) is 1. The second-order valence-corrected chi connectivity index (χ2v) is 8.09. The molecule has 0 fully saturated rings. The largest absolute Gasteiger partial charge is 0.466 e. The highest BCUT2D eigenvalue weighted by Gasteiger charge is 2.24. The van der Waals surface area contributed by atoms with Crippen LogP contribution in [0.4, 0.5) is 0 Å². The van der Waals surface area contributed by atoms with E-state index < -0.39 is 5.97 Å². The molecule has 0 unspecified atom stereocenters. The van der Waals surface area contributed by atoms with E-state index in [1.54, 1.807) is 6.92 Å². The Labute approximate surface area is 185 Å². The maximum Gasteiger partial charge on any atom is 0.340 e. The topological polar surface area (TPSA) is 91.5 Å². The minimum Gasteiger partial charge on any atom is -0.466 e. The predicted molar refractivity (Wildman–Crippen MR) is 122 cm³/mol. The summed E-state index contributed by atoms with van der Waals surface area (Å²) in [5.74, 6) is -0.334. The normalized spacial score (nSPS) is 10.9. The monoisotopic (exact) mass is 426 g/mol. The Bertz CT molecular complexity index is 905. The third kappa shape index (κ3) is 6.62. The summed E-state index contributed by atoms with van der Waals surface area (Å²) in [5.41, 5.74) is 11.9. The molecule has 31 heavy (non-hydrogen) atoms. The Hall–Kier alpha value is -2.73. The van der Waals surface area contributed by atoms with Gasteiger partial charge in [-0.1, -0.05) is 43.7 Å². The van der Waals surface area contributed by atoms with E-state index in [0.717, 1.165) is 34.4 Å². The van der Waals surface area contributed by atoms with Gasteiger partial charge in [0.2, 0.25) is 0 Å². The molecule has 2 rings (SSSR count). The highest BCUT2D eigenvalue weighted by Crippen LogP contribution is 2.33. The zero-order valence-electron chi connectivity index (χ0n) is 19.3. The van der Waals surface area contributed by atoms with Gasteiger partial charge in [0.15, 0.2) is 0 Å². The van der Waals surface area contributed by atoms with Crippen LogP contribution in [0, 0.1) is 19.8 Å². The van der Waals surface area contributed by atoms with E-state index >= 15 is 0 Å². The van der Waals surface area contributed by atoms with Crippen LogP contribution in [0.2, 0.25) is 0 Å². The fourth-order valence-electron chi connectivity index (χ4n) is 3.55. The summed E-state index contributed by atoms with van der Waals surface area (Å²) in [7, 11) is 0. The number of aryl methyl sites for hydroxylation is 2. The van der Waals surface area contributed by atoms with Crippen molar-refractivity contribution in [1.82, 2.24) is 4.98 Å². The lowest BCUT2D eigenvalue weighted by molar-refractivity contribution is -0.143. The molecule has 1 aromatic carbocycles. The average molecular weight is 427 g/mol. The number of hydrogen-bond acceptors (Lipinski definition) is 6. The first-order chi connectivity index (χ1) is 14.8. The summed E-state index contributed by atoms with van der Waals surface area (Å²) in [6, 6.07) is 8.03. The molecule has 0 aliphatic heterocycles. The molecule has 0 bridgehead atoms. The van der Waals surface area contributed by atoms with Crippen molar-refractivity contribution in [2.24, 2.45) is 11.7 Å². The van der Waals surface area contributed by atoms with Crippen molar-refractivity contribution < 1.29 is 19.1 Å². The molecule has 6 nitrogen and oxygen atoms in total. The van der Waals surface area contributed by atoms with Gasteiger partial charge in [-0.15, -0.1) is 0 Å². The van der Waals surface area contributed by atoms with E-state index in [1.807, 2.05) is 38.1 Å². The van der Waals surface area contributed by atoms with Crippen molar-refractivity contribution in [3.63, 3.8) is 0 Å². The van der Waals surface area contributed by atoms with Gasteiger partial charge in [-0.25, -0.2) is 4.79 Å². The van der Waals surface area contributed by atoms with E-state index in [4.69, 9.17) is 20.2 Å². The Morgan fingerprint density at radius 2 is 1.77 bits per heavy atom. The molecular formula is C25H34N2O4. The fourth-order valence-corrected chi connectivity index (χ4v) is 3.55. The molecule has 0 aliphatic rings. The molecule has 0 amide bonds. The van der Waals surface area contributed by atoms with Crippen LogP contribution in [0.3, 0.4) is 0 Å². The quantitative estimate of drug-likeness (QED) is 0.443. The minimum atomic E-state index is -0.449. The zero-order chi connectivity index (χ0) is 23.0. The number of pyridine rings is 1. The van der Waals surface area contributed by atoms with Crippen LogP contribution in [0.25, 0.3) is 11.1 Å². The van der Waals surface area contributed by atoms with Gasteiger partial charge in [0.1, 0.15) is 0 Å². The lowest BCUT2D eigenvalue weighted by atomic mass is 9.90. The summed E-state index contributed by atoms with van der Waals surface area (Å²) in [6.45, 7) is 10.6. The van der Waals surface area contributed by atoms with E-state index in [0.29, 0.717) is 30.2 Å². The van der Waals surface area contributed by atoms with Crippen LogP contribution in [-0.2, 0) is 27.2 Å². The first-order valence-corrected chi connectivity index (χ1v) is 10.9. The lowest BCUT2D eigenvalue weighted by Crippen LogP contribution is -2.18. The molecule has 0 radical (unpaired) electrons. The second kappa shape index (κ2) is 11.6. The second-order valence-electron chi connectivity index (χ2n) is 8.09. The smallest absolute Gasteiger partial charge is 0.340 e. The van der Waals surface area contributed by atoms with Gasteiger partial charge >= 0.3 is 11.9 Å². The van der Waals surface area contributed by atoms with E-state index in [2.05, 4.69) is 13.8 Å². The molecule has 0 saturated heterocycles. The van der Waals surface area contributed by atoms with E-state index in [-0.39, 0.29) is 25.5 Å². The van der Waals surface area contributed by atoms with Gasteiger partial charge in [0.05, 0.1) is 24.5 Å². The summed E-state index contributed by atoms with van der Waals surface area (Å²) >= 11 is 0. The number of aromatic nitrogens is 1. The van der Waals surface area contributed by atoms with Crippen LogP contribution in [0.15, 0.2) is 24.3 Å². The Morgan fingerprint density at radius 1 is 1.10 bits per heavy atom. The van der Waals surface area contributed by atoms with Crippen LogP contribution >= 0.6 is 0 Å². The van der Waals surface area contributed by atoms with Crippen molar-refractivity contribution in [3.05, 3.63) is 52.3 Å². The lowest BCUT2D eigenvalue weighted by Gasteiger charge is -2.20. The van der Waals surface area contributed by atoms with Crippen molar-refractivity contribution in [2.75, 3.05) is 13.2 Å². The Kier molecular flexibility index (Phi) is 9.19. The van der Waals surface area contributed by atoms with Crippen LogP contribution in [-0.4, -0.2) is 30.1 Å². The SMILES string of the molecule is CCOC(=O)CCCOC(=O)c1c(C)nc(CC(C)C)c(CN)c1-c1ccc(C)cc1. The Balaban J connectivity index is 2.41. The summed E-state index contributed by atoms with van der Waals surface area (Å²) in [5, 5.41) is 0. The standard InChI is InChI=1S/C25H34N2O4/c1-6-30-22(28)8-7-13-31-25(29)23-18(5)27-21(14-16(2)3)20(15-26)24(23)19-11-9-17(4)10-12-19/h9-12,16H,6-8,13-15,26H2,1-5H3. The molecule has 0 aliphatic carbocycles. The number of nitrogens with two attached hydrogens (primary N) is 1.